The lowest BCUT2D eigenvalue weighted by Crippen LogP contribution is -2.42. The zero-order chi connectivity index (χ0) is 20.8. The number of methoxy groups -OCH3 is 2. The summed E-state index contributed by atoms with van der Waals surface area (Å²) in [7, 11) is 3.05. The average molecular weight is 388 g/mol. The maximum atomic E-state index is 12.5. The van der Waals surface area contributed by atoms with E-state index in [1.807, 2.05) is 0 Å². The molecular weight excluding hydrogens is 364 g/mol. The molecule has 1 aromatic heterocycles. The third-order valence-electron chi connectivity index (χ3n) is 4.18. The first-order valence-electron chi connectivity index (χ1n) is 8.72. The molecule has 0 saturated heterocycles. The van der Waals surface area contributed by atoms with Crippen LogP contribution in [0.2, 0.25) is 0 Å². The summed E-state index contributed by atoms with van der Waals surface area (Å²) in [5.41, 5.74) is 5.36. The van der Waals surface area contributed by atoms with Gasteiger partial charge in [0.1, 0.15) is 11.5 Å². The lowest BCUT2D eigenvalue weighted by Gasteiger charge is -2.14. The summed E-state index contributed by atoms with van der Waals surface area (Å²) in [6.45, 7) is 3.84. The van der Waals surface area contributed by atoms with Crippen LogP contribution >= 0.6 is 0 Å². The van der Waals surface area contributed by atoms with Crippen LogP contribution in [-0.2, 0) is 17.9 Å². The number of benzene rings is 1. The molecule has 9 nitrogen and oxygen atoms in total. The topological polar surface area (TPSA) is 118 Å². The van der Waals surface area contributed by atoms with Crippen molar-refractivity contribution in [3.05, 3.63) is 50.7 Å². The van der Waals surface area contributed by atoms with Gasteiger partial charge in [-0.05, 0) is 37.6 Å². The molecule has 1 heterocycles. The second-order valence-corrected chi connectivity index (χ2v) is 5.77. The number of nitrogens with zero attached hydrogens (tertiary/aromatic N) is 2. The fourth-order valence-corrected chi connectivity index (χ4v) is 2.71. The Kier molecular flexibility index (Phi) is 6.64. The van der Waals surface area contributed by atoms with Gasteiger partial charge in [0.25, 0.3) is 5.56 Å². The minimum absolute atomic E-state index is 0.0740. The van der Waals surface area contributed by atoms with Crippen molar-refractivity contribution in [1.29, 1.82) is 0 Å². The highest BCUT2D eigenvalue weighted by atomic mass is 16.5. The highest BCUT2D eigenvalue weighted by Crippen LogP contribution is 2.27. The Hall–Kier alpha value is -3.49. The Morgan fingerprint density at radius 2 is 1.75 bits per heavy atom. The number of nitrogen functional groups attached to an aromatic ring is 1. The molecule has 0 aliphatic carbocycles. The lowest BCUT2D eigenvalue weighted by atomic mass is 10.2. The third kappa shape index (κ3) is 4.08. The fourth-order valence-electron chi connectivity index (χ4n) is 2.71. The second-order valence-electron chi connectivity index (χ2n) is 5.77. The van der Waals surface area contributed by atoms with Crippen molar-refractivity contribution in [3.8, 4) is 11.5 Å². The van der Waals surface area contributed by atoms with Crippen molar-refractivity contribution < 1.29 is 14.3 Å². The molecule has 3 N–H and O–H groups in total. The number of carbonyl (C=O) groups is 1. The van der Waals surface area contributed by atoms with Crippen LogP contribution in [0.1, 0.15) is 19.4 Å². The van der Waals surface area contributed by atoms with Crippen LogP contribution in [0, 0.1) is 0 Å². The molecule has 0 spiro atoms. The van der Waals surface area contributed by atoms with Gasteiger partial charge >= 0.3 is 5.69 Å². The van der Waals surface area contributed by atoms with Crippen LogP contribution in [0.5, 0.6) is 11.5 Å². The number of amides is 1. The van der Waals surface area contributed by atoms with Crippen LogP contribution < -0.4 is 31.8 Å². The normalized spacial score (nSPS) is 10.9. The summed E-state index contributed by atoms with van der Waals surface area (Å²) < 4.78 is 12.6. The van der Waals surface area contributed by atoms with Crippen LogP contribution in [0.3, 0.4) is 0 Å². The third-order valence-corrected chi connectivity index (χ3v) is 4.18. The van der Waals surface area contributed by atoms with Crippen molar-refractivity contribution in [2.75, 3.05) is 25.3 Å². The zero-order valence-corrected chi connectivity index (χ0v) is 16.3. The summed E-state index contributed by atoms with van der Waals surface area (Å²) in [6, 6.07) is 5.17. The number of nitrogens with two attached hydrogens (primary N) is 1. The molecule has 2 aromatic rings. The number of hydrogen-bond acceptors (Lipinski definition) is 6. The number of anilines is 2. The van der Waals surface area contributed by atoms with E-state index in [2.05, 4.69) is 5.32 Å². The van der Waals surface area contributed by atoms with Gasteiger partial charge in [-0.15, -0.1) is 0 Å². The van der Waals surface area contributed by atoms with E-state index in [1.54, 1.807) is 38.1 Å². The summed E-state index contributed by atoms with van der Waals surface area (Å²) in [5, 5.41) is 2.48. The van der Waals surface area contributed by atoms with Crippen molar-refractivity contribution in [1.82, 2.24) is 9.13 Å². The number of nitrogens with one attached hydrogen (secondary N) is 1. The molecule has 2 rings (SSSR count). The maximum Gasteiger partial charge on any atom is 0.332 e. The molecule has 0 fully saturated rings. The molecule has 9 heteroatoms. The molecule has 1 amide bonds. The first-order valence-corrected chi connectivity index (χ1v) is 8.72. The monoisotopic (exact) mass is 388 g/mol. The quantitative estimate of drug-likeness (QED) is 0.691. The molecule has 1 aromatic carbocycles. The molecule has 0 radical (unpaired) electrons. The first-order chi connectivity index (χ1) is 13.4. The molecule has 28 heavy (non-hydrogen) atoms. The minimum Gasteiger partial charge on any atom is -0.493 e. The van der Waals surface area contributed by atoms with Crippen LogP contribution in [0.15, 0.2) is 33.9 Å². The summed E-state index contributed by atoms with van der Waals surface area (Å²) in [5.74, 6) is 0.464. The van der Waals surface area contributed by atoms with E-state index in [0.29, 0.717) is 17.1 Å². The standard InChI is InChI=1S/C19H24N4O5/c1-5-22-17(20)16(18(25)23(6-2)19(22)26)21-15(24)10-8-12-7-9-13(27-3)14(11-12)28-4/h7-11H,5-6,20H2,1-4H3,(H,21,24). The molecule has 0 saturated carbocycles. The van der Waals surface area contributed by atoms with E-state index in [-0.39, 0.29) is 24.6 Å². The SMILES string of the molecule is CCn1c(N)c(NC(=O)C=Cc2ccc(OC)c(OC)c2)c(=O)n(CC)c1=O. The zero-order valence-electron chi connectivity index (χ0n) is 16.3. The number of ether oxygens (including phenoxy) is 2. The molecule has 150 valence electrons. The van der Waals surface area contributed by atoms with E-state index in [9.17, 15) is 14.4 Å². The van der Waals surface area contributed by atoms with Gasteiger partial charge in [0.05, 0.1) is 14.2 Å². The molecule has 0 atom stereocenters. The summed E-state index contributed by atoms with van der Waals surface area (Å²) >= 11 is 0. The number of carbonyl (C=O) groups excluding carboxylic acids is 1. The molecular formula is C19H24N4O5. The van der Waals surface area contributed by atoms with Crippen molar-refractivity contribution >= 4 is 23.5 Å². The van der Waals surface area contributed by atoms with Crippen molar-refractivity contribution in [2.45, 2.75) is 26.9 Å². The Morgan fingerprint density at radius 3 is 2.32 bits per heavy atom. The van der Waals surface area contributed by atoms with Crippen LogP contribution in [0.4, 0.5) is 11.5 Å². The van der Waals surface area contributed by atoms with Gasteiger partial charge in [0.2, 0.25) is 5.91 Å². The van der Waals surface area contributed by atoms with Gasteiger partial charge in [-0.2, -0.15) is 0 Å². The Labute approximate surface area is 162 Å². The highest BCUT2D eigenvalue weighted by molar-refractivity contribution is 6.03. The van der Waals surface area contributed by atoms with E-state index in [1.165, 1.54) is 24.9 Å². The number of aromatic nitrogens is 2. The summed E-state index contributed by atoms with van der Waals surface area (Å²) in [6.07, 6.45) is 2.82. The highest BCUT2D eigenvalue weighted by Gasteiger charge is 2.16. The Bertz CT molecular complexity index is 1020. The molecule has 0 aliphatic rings. The second kappa shape index (κ2) is 8.94. The van der Waals surface area contributed by atoms with E-state index in [0.717, 1.165) is 4.57 Å². The van der Waals surface area contributed by atoms with Crippen molar-refractivity contribution in [3.63, 3.8) is 0 Å². The van der Waals surface area contributed by atoms with E-state index >= 15 is 0 Å². The van der Waals surface area contributed by atoms with Gasteiger partial charge in [-0.1, -0.05) is 6.07 Å². The largest absolute Gasteiger partial charge is 0.493 e. The van der Waals surface area contributed by atoms with Crippen LogP contribution in [-0.4, -0.2) is 29.3 Å². The predicted octanol–water partition coefficient (Wildman–Crippen LogP) is 1.30. The molecule has 0 aliphatic heterocycles. The lowest BCUT2D eigenvalue weighted by molar-refractivity contribution is -0.111. The summed E-state index contributed by atoms with van der Waals surface area (Å²) in [4.78, 5) is 37.0. The fraction of sp³-hybridized carbons (Fsp3) is 0.316. The minimum atomic E-state index is -0.637. The average Bonchev–Trinajstić information content (AvgIpc) is 2.70. The van der Waals surface area contributed by atoms with E-state index in [4.69, 9.17) is 15.2 Å². The van der Waals surface area contributed by atoms with Gasteiger partial charge in [0, 0.05) is 19.2 Å². The Balaban J connectivity index is 2.32. The molecule has 0 bridgehead atoms. The van der Waals surface area contributed by atoms with Gasteiger partial charge in [-0.25, -0.2) is 4.79 Å². The molecule has 0 unspecified atom stereocenters. The van der Waals surface area contributed by atoms with Gasteiger partial charge in [0.15, 0.2) is 11.5 Å². The Morgan fingerprint density at radius 1 is 1.11 bits per heavy atom. The first kappa shape index (κ1) is 20.8. The predicted molar refractivity (Wildman–Crippen MR) is 108 cm³/mol. The number of hydrogen-bond donors (Lipinski definition) is 2. The van der Waals surface area contributed by atoms with Crippen molar-refractivity contribution in [2.24, 2.45) is 0 Å². The smallest absolute Gasteiger partial charge is 0.332 e. The number of rotatable bonds is 7. The van der Waals surface area contributed by atoms with E-state index < -0.39 is 17.2 Å². The van der Waals surface area contributed by atoms with Crippen LogP contribution in [0.25, 0.3) is 6.08 Å². The van der Waals surface area contributed by atoms with Gasteiger partial charge < -0.3 is 20.5 Å². The van der Waals surface area contributed by atoms with Gasteiger partial charge in [-0.3, -0.25) is 18.7 Å². The maximum absolute atomic E-state index is 12.5.